The third kappa shape index (κ3) is 1.89. The fourth-order valence-electron chi connectivity index (χ4n) is 1.13. The third-order valence-electron chi connectivity index (χ3n) is 2.08. The Labute approximate surface area is 80.5 Å². The quantitative estimate of drug-likeness (QED) is 0.568. The van der Waals surface area contributed by atoms with E-state index in [4.69, 9.17) is 5.73 Å². The maximum Gasteiger partial charge on any atom is 0.159 e. The fourth-order valence-corrected chi connectivity index (χ4v) is 1.13. The molecule has 1 aliphatic carbocycles. The van der Waals surface area contributed by atoms with Gasteiger partial charge in [0.2, 0.25) is 0 Å². The first kappa shape index (κ1) is 9.12. The van der Waals surface area contributed by atoms with Gasteiger partial charge in [-0.3, -0.25) is 4.99 Å². The first-order valence-corrected chi connectivity index (χ1v) is 4.45. The van der Waals surface area contributed by atoms with Crippen LogP contribution in [-0.2, 0) is 0 Å². The lowest BCUT2D eigenvalue weighted by Gasteiger charge is -2.00. The molecule has 0 spiro atoms. The van der Waals surface area contributed by atoms with Gasteiger partial charge in [0.1, 0.15) is 5.84 Å². The molecule has 4 heteroatoms. The predicted octanol–water partition coefficient (Wildman–Crippen LogP) is 1.83. The number of hydrogen-bond donors (Lipinski definition) is 1. The summed E-state index contributed by atoms with van der Waals surface area (Å²) in [5.41, 5.74) is 6.06. The van der Waals surface area contributed by atoms with E-state index in [-0.39, 0.29) is 11.9 Å². The molecule has 1 aromatic rings. The molecule has 1 saturated carbocycles. The highest BCUT2D eigenvalue weighted by atomic mass is 19.2. The second kappa shape index (κ2) is 3.36. The minimum absolute atomic E-state index is 0.281. The summed E-state index contributed by atoms with van der Waals surface area (Å²) in [7, 11) is 0. The number of rotatable bonds is 2. The van der Waals surface area contributed by atoms with Crippen molar-refractivity contribution in [1.82, 2.24) is 0 Å². The van der Waals surface area contributed by atoms with Crippen LogP contribution >= 0.6 is 0 Å². The zero-order valence-corrected chi connectivity index (χ0v) is 7.50. The Balaban J connectivity index is 2.27. The third-order valence-corrected chi connectivity index (χ3v) is 2.08. The molecule has 0 bridgehead atoms. The van der Waals surface area contributed by atoms with Crippen molar-refractivity contribution in [2.24, 2.45) is 10.7 Å². The van der Waals surface area contributed by atoms with Crippen molar-refractivity contribution in [3.05, 3.63) is 35.4 Å². The zero-order valence-electron chi connectivity index (χ0n) is 7.50. The highest BCUT2D eigenvalue weighted by molar-refractivity contribution is 5.97. The standard InChI is InChI=1S/C10H10F2N2/c11-8-4-1-6(5-9(8)12)10(13)14-7-2-3-7/h1,4-5,7H,2-3H2,(H2,13,14). The van der Waals surface area contributed by atoms with Gasteiger partial charge >= 0.3 is 0 Å². The Bertz CT molecular complexity index is 384. The summed E-state index contributed by atoms with van der Waals surface area (Å²) in [6, 6.07) is 3.83. The Hall–Kier alpha value is -1.45. The largest absolute Gasteiger partial charge is 0.383 e. The Morgan fingerprint density at radius 1 is 1.29 bits per heavy atom. The maximum absolute atomic E-state index is 12.8. The van der Waals surface area contributed by atoms with E-state index >= 15 is 0 Å². The second-order valence-corrected chi connectivity index (χ2v) is 3.37. The van der Waals surface area contributed by atoms with Crippen LogP contribution in [0, 0.1) is 11.6 Å². The molecule has 1 fully saturated rings. The summed E-state index contributed by atoms with van der Waals surface area (Å²) in [5, 5.41) is 0. The molecule has 1 aliphatic rings. The number of aliphatic imine (C=N–C) groups is 1. The van der Waals surface area contributed by atoms with Crippen molar-refractivity contribution in [2.45, 2.75) is 18.9 Å². The van der Waals surface area contributed by atoms with E-state index in [1.54, 1.807) is 0 Å². The molecular formula is C10H10F2N2. The molecule has 1 aromatic carbocycles. The van der Waals surface area contributed by atoms with E-state index in [0.717, 1.165) is 25.0 Å². The summed E-state index contributed by atoms with van der Waals surface area (Å²) in [6.07, 6.45) is 2.06. The summed E-state index contributed by atoms with van der Waals surface area (Å²) in [5.74, 6) is -1.48. The van der Waals surface area contributed by atoms with Gasteiger partial charge in [-0.15, -0.1) is 0 Å². The minimum atomic E-state index is -0.892. The van der Waals surface area contributed by atoms with Gasteiger partial charge in [0.15, 0.2) is 11.6 Å². The molecule has 0 aromatic heterocycles. The fraction of sp³-hybridized carbons (Fsp3) is 0.300. The van der Waals surface area contributed by atoms with Crippen LogP contribution in [0.25, 0.3) is 0 Å². The summed E-state index contributed by atoms with van der Waals surface area (Å²) >= 11 is 0. The number of halogens is 2. The zero-order chi connectivity index (χ0) is 10.1. The summed E-state index contributed by atoms with van der Waals surface area (Å²) < 4.78 is 25.4. The van der Waals surface area contributed by atoms with E-state index in [0.29, 0.717) is 5.56 Å². The highest BCUT2D eigenvalue weighted by Crippen LogP contribution is 2.24. The number of benzene rings is 1. The van der Waals surface area contributed by atoms with Gasteiger partial charge in [-0.05, 0) is 31.0 Å². The molecule has 0 heterocycles. The molecule has 0 atom stereocenters. The van der Waals surface area contributed by atoms with Crippen LogP contribution in [0.1, 0.15) is 18.4 Å². The van der Waals surface area contributed by atoms with Gasteiger partial charge in [-0.1, -0.05) is 0 Å². The molecule has 0 amide bonds. The van der Waals surface area contributed by atoms with Crippen LogP contribution in [0.15, 0.2) is 23.2 Å². The smallest absolute Gasteiger partial charge is 0.159 e. The van der Waals surface area contributed by atoms with Crippen molar-refractivity contribution in [3.8, 4) is 0 Å². The van der Waals surface area contributed by atoms with Gasteiger partial charge in [0.05, 0.1) is 6.04 Å². The van der Waals surface area contributed by atoms with Gasteiger partial charge in [0.25, 0.3) is 0 Å². The number of hydrogen-bond acceptors (Lipinski definition) is 1. The van der Waals surface area contributed by atoms with Crippen molar-refractivity contribution in [1.29, 1.82) is 0 Å². The van der Waals surface area contributed by atoms with Gasteiger partial charge in [-0.25, -0.2) is 8.78 Å². The molecule has 2 nitrogen and oxygen atoms in total. The average molecular weight is 196 g/mol. The molecule has 74 valence electrons. The second-order valence-electron chi connectivity index (χ2n) is 3.37. The normalized spacial score (nSPS) is 17.1. The lowest BCUT2D eigenvalue weighted by atomic mass is 10.2. The number of nitrogens with two attached hydrogens (primary N) is 1. The van der Waals surface area contributed by atoms with Crippen LogP contribution in [0.3, 0.4) is 0 Å². The summed E-state index contributed by atoms with van der Waals surface area (Å²) in [6.45, 7) is 0. The SMILES string of the molecule is NC(=NC1CC1)c1ccc(F)c(F)c1. The lowest BCUT2D eigenvalue weighted by Crippen LogP contribution is -2.14. The van der Waals surface area contributed by atoms with Crippen LogP contribution in [-0.4, -0.2) is 11.9 Å². The van der Waals surface area contributed by atoms with Crippen molar-refractivity contribution < 1.29 is 8.78 Å². The predicted molar refractivity (Wildman–Crippen MR) is 50.1 cm³/mol. The topological polar surface area (TPSA) is 38.4 Å². The van der Waals surface area contributed by atoms with E-state index < -0.39 is 11.6 Å². The van der Waals surface area contributed by atoms with Gasteiger partial charge < -0.3 is 5.73 Å². The molecule has 0 saturated heterocycles. The molecule has 0 unspecified atom stereocenters. The summed E-state index contributed by atoms with van der Waals surface area (Å²) in [4.78, 5) is 4.13. The van der Waals surface area contributed by atoms with Gasteiger partial charge in [-0.2, -0.15) is 0 Å². The molecule has 0 radical (unpaired) electrons. The van der Waals surface area contributed by atoms with Crippen molar-refractivity contribution in [2.75, 3.05) is 0 Å². The average Bonchev–Trinajstić information content (AvgIpc) is 2.93. The monoisotopic (exact) mass is 196 g/mol. The Kier molecular flexibility index (Phi) is 2.19. The number of nitrogens with zero attached hydrogens (tertiary/aromatic N) is 1. The molecule has 2 N–H and O–H groups in total. The molecular weight excluding hydrogens is 186 g/mol. The minimum Gasteiger partial charge on any atom is -0.383 e. The first-order chi connectivity index (χ1) is 6.66. The molecule has 2 rings (SSSR count). The molecule has 0 aliphatic heterocycles. The van der Waals surface area contributed by atoms with E-state index in [1.807, 2.05) is 0 Å². The van der Waals surface area contributed by atoms with Crippen molar-refractivity contribution >= 4 is 5.84 Å². The van der Waals surface area contributed by atoms with E-state index in [2.05, 4.69) is 4.99 Å². The highest BCUT2D eigenvalue weighted by Gasteiger charge is 2.20. The maximum atomic E-state index is 12.8. The first-order valence-electron chi connectivity index (χ1n) is 4.45. The Morgan fingerprint density at radius 2 is 2.00 bits per heavy atom. The van der Waals surface area contributed by atoms with E-state index in [1.165, 1.54) is 6.07 Å². The van der Waals surface area contributed by atoms with Crippen LogP contribution in [0.5, 0.6) is 0 Å². The lowest BCUT2D eigenvalue weighted by molar-refractivity contribution is 0.508. The van der Waals surface area contributed by atoms with E-state index in [9.17, 15) is 8.78 Å². The van der Waals surface area contributed by atoms with Crippen molar-refractivity contribution in [3.63, 3.8) is 0 Å². The van der Waals surface area contributed by atoms with Crippen LogP contribution in [0.2, 0.25) is 0 Å². The van der Waals surface area contributed by atoms with Gasteiger partial charge in [0, 0.05) is 5.56 Å². The number of amidine groups is 1. The van der Waals surface area contributed by atoms with Crippen LogP contribution < -0.4 is 5.73 Å². The Morgan fingerprint density at radius 3 is 2.57 bits per heavy atom. The van der Waals surface area contributed by atoms with Crippen LogP contribution in [0.4, 0.5) is 8.78 Å². The molecule has 14 heavy (non-hydrogen) atoms.